The van der Waals surface area contributed by atoms with Gasteiger partial charge in [0.15, 0.2) is 0 Å². The van der Waals surface area contributed by atoms with Crippen molar-refractivity contribution in [2.24, 2.45) is 0 Å². The minimum absolute atomic E-state index is 0. The molecule has 0 bridgehead atoms. The van der Waals surface area contributed by atoms with E-state index in [0.29, 0.717) is 0 Å². The van der Waals surface area contributed by atoms with Crippen LogP contribution in [0.5, 0.6) is 0 Å². The first-order chi connectivity index (χ1) is 11.4. The largest absolute Gasteiger partial charge is 1.00 e. The molecule has 0 atom stereocenters. The molecular formula is C21H22ClOP. The Labute approximate surface area is 151 Å². The molecule has 3 rings (SSSR count). The Balaban J connectivity index is 0.00000208. The Morgan fingerprint density at radius 3 is 1.25 bits per heavy atom. The zero-order chi connectivity index (χ0) is 16.0. The summed E-state index contributed by atoms with van der Waals surface area (Å²) in [6.45, 7) is 0.756. The lowest BCUT2D eigenvalue weighted by Gasteiger charge is -2.27. The van der Waals surface area contributed by atoms with Crippen LogP contribution in [0.1, 0.15) is 0 Å². The van der Waals surface area contributed by atoms with Crippen molar-refractivity contribution in [3.05, 3.63) is 91.0 Å². The Bertz CT molecular complexity index is 620. The Morgan fingerprint density at radius 1 is 0.625 bits per heavy atom. The number of rotatable bonds is 6. The van der Waals surface area contributed by atoms with Gasteiger partial charge in [-0.2, -0.15) is 0 Å². The summed E-state index contributed by atoms with van der Waals surface area (Å²) < 4.78 is 5.49. The van der Waals surface area contributed by atoms with E-state index in [9.17, 15) is 0 Å². The van der Waals surface area contributed by atoms with Crippen LogP contribution in [-0.4, -0.2) is 19.9 Å². The molecule has 0 aliphatic heterocycles. The van der Waals surface area contributed by atoms with Gasteiger partial charge in [0.05, 0.1) is 12.8 Å². The highest BCUT2D eigenvalue weighted by Crippen LogP contribution is 2.54. The van der Waals surface area contributed by atoms with Crippen molar-refractivity contribution in [1.29, 1.82) is 0 Å². The Kier molecular flexibility index (Phi) is 6.99. The predicted octanol–water partition coefficient (Wildman–Crippen LogP) is 0.631. The van der Waals surface area contributed by atoms with Crippen molar-refractivity contribution in [3.8, 4) is 0 Å². The highest BCUT2D eigenvalue weighted by Gasteiger charge is 2.44. The summed E-state index contributed by atoms with van der Waals surface area (Å²) >= 11 is 0. The molecule has 3 heteroatoms. The molecule has 0 unspecified atom stereocenters. The molecule has 3 aromatic rings. The normalized spacial score (nSPS) is 10.9. The molecule has 0 saturated heterocycles. The second kappa shape index (κ2) is 8.99. The van der Waals surface area contributed by atoms with Gasteiger partial charge in [0.2, 0.25) is 0 Å². The van der Waals surface area contributed by atoms with Crippen LogP contribution < -0.4 is 28.3 Å². The van der Waals surface area contributed by atoms with Crippen molar-refractivity contribution in [3.63, 3.8) is 0 Å². The van der Waals surface area contributed by atoms with Gasteiger partial charge < -0.3 is 17.1 Å². The van der Waals surface area contributed by atoms with E-state index >= 15 is 0 Å². The fraction of sp³-hybridized carbons (Fsp3) is 0.143. The van der Waals surface area contributed by atoms with Crippen LogP contribution in [0.4, 0.5) is 0 Å². The number of benzene rings is 3. The van der Waals surface area contributed by atoms with E-state index in [-0.39, 0.29) is 12.4 Å². The zero-order valence-corrected chi connectivity index (χ0v) is 15.5. The maximum Gasteiger partial charge on any atom is 0.114 e. The van der Waals surface area contributed by atoms with E-state index in [0.717, 1.165) is 12.8 Å². The molecule has 0 radical (unpaired) electrons. The summed E-state index contributed by atoms with van der Waals surface area (Å²) in [4.78, 5) is 0. The fourth-order valence-electron chi connectivity index (χ4n) is 3.11. The van der Waals surface area contributed by atoms with Crippen molar-refractivity contribution >= 4 is 23.2 Å². The van der Waals surface area contributed by atoms with Gasteiger partial charge in [0.25, 0.3) is 0 Å². The van der Waals surface area contributed by atoms with Gasteiger partial charge in [-0.1, -0.05) is 54.6 Å². The van der Waals surface area contributed by atoms with E-state index in [1.54, 1.807) is 7.11 Å². The van der Waals surface area contributed by atoms with E-state index in [1.807, 2.05) is 0 Å². The van der Waals surface area contributed by atoms with Crippen LogP contribution >= 0.6 is 7.26 Å². The van der Waals surface area contributed by atoms with E-state index in [1.165, 1.54) is 15.9 Å². The predicted molar refractivity (Wildman–Crippen MR) is 102 cm³/mol. The van der Waals surface area contributed by atoms with Crippen LogP contribution in [0.25, 0.3) is 0 Å². The van der Waals surface area contributed by atoms with Crippen molar-refractivity contribution in [2.75, 3.05) is 19.9 Å². The van der Waals surface area contributed by atoms with E-state index < -0.39 is 7.26 Å². The molecule has 0 aliphatic rings. The molecule has 1 nitrogen and oxygen atoms in total. The molecule has 3 aromatic carbocycles. The number of halogens is 1. The summed E-state index contributed by atoms with van der Waals surface area (Å²) in [7, 11) is 0.0926. The SMILES string of the molecule is COCC[P+](c1ccccc1)(c1ccccc1)c1ccccc1.[Cl-]. The van der Waals surface area contributed by atoms with E-state index in [4.69, 9.17) is 4.74 Å². The first kappa shape index (κ1) is 18.7. The first-order valence-corrected chi connectivity index (χ1v) is 9.89. The smallest absolute Gasteiger partial charge is 0.114 e. The topological polar surface area (TPSA) is 9.23 Å². The summed E-state index contributed by atoms with van der Waals surface area (Å²) in [5.74, 6) is 0. The third-order valence-corrected chi connectivity index (χ3v) is 8.61. The molecule has 0 amide bonds. The number of hydrogen-bond acceptors (Lipinski definition) is 1. The molecule has 0 saturated carbocycles. The monoisotopic (exact) mass is 356 g/mol. The maximum absolute atomic E-state index is 5.49. The summed E-state index contributed by atoms with van der Waals surface area (Å²) in [5.41, 5.74) is 0. The second-order valence-corrected chi connectivity index (χ2v) is 9.15. The molecule has 0 spiro atoms. The lowest BCUT2D eigenvalue weighted by Crippen LogP contribution is -3.00. The lowest BCUT2D eigenvalue weighted by atomic mass is 10.4. The van der Waals surface area contributed by atoms with Gasteiger partial charge in [-0.25, -0.2) is 0 Å². The van der Waals surface area contributed by atoms with Crippen molar-refractivity contribution < 1.29 is 17.1 Å². The minimum Gasteiger partial charge on any atom is -1.00 e. The molecule has 0 fully saturated rings. The molecule has 0 heterocycles. The van der Waals surface area contributed by atoms with Crippen LogP contribution in [0.3, 0.4) is 0 Å². The summed E-state index contributed by atoms with van der Waals surface area (Å²) in [6.07, 6.45) is 1.02. The Morgan fingerprint density at radius 2 is 0.958 bits per heavy atom. The molecule has 0 aliphatic carbocycles. The second-order valence-electron chi connectivity index (χ2n) is 5.53. The van der Waals surface area contributed by atoms with Crippen molar-refractivity contribution in [2.45, 2.75) is 0 Å². The number of ether oxygens (including phenoxy) is 1. The molecule has 0 aromatic heterocycles. The van der Waals surface area contributed by atoms with Gasteiger partial charge in [-0.15, -0.1) is 0 Å². The Hall–Kier alpha value is -1.66. The first-order valence-electron chi connectivity index (χ1n) is 7.92. The summed E-state index contributed by atoms with van der Waals surface area (Å²) in [5, 5.41) is 4.23. The quantitative estimate of drug-likeness (QED) is 0.589. The van der Waals surface area contributed by atoms with Gasteiger partial charge >= 0.3 is 0 Å². The number of hydrogen-bond donors (Lipinski definition) is 0. The fourth-order valence-corrected chi connectivity index (χ4v) is 7.28. The summed E-state index contributed by atoms with van der Waals surface area (Å²) in [6, 6.07) is 32.7. The van der Waals surface area contributed by atoms with Crippen LogP contribution in [-0.2, 0) is 4.74 Å². The molecule has 24 heavy (non-hydrogen) atoms. The van der Waals surface area contributed by atoms with E-state index in [2.05, 4.69) is 91.0 Å². The van der Waals surface area contributed by atoms with Crippen LogP contribution in [0.2, 0.25) is 0 Å². The van der Waals surface area contributed by atoms with Gasteiger partial charge in [-0.3, -0.25) is 0 Å². The lowest BCUT2D eigenvalue weighted by molar-refractivity contribution is -0.00000487. The average molecular weight is 357 g/mol. The van der Waals surface area contributed by atoms with Gasteiger partial charge in [-0.05, 0) is 36.4 Å². The average Bonchev–Trinajstić information content (AvgIpc) is 2.65. The minimum atomic E-state index is -1.69. The highest BCUT2D eigenvalue weighted by atomic mass is 35.5. The maximum atomic E-state index is 5.49. The highest BCUT2D eigenvalue weighted by molar-refractivity contribution is 7.95. The zero-order valence-electron chi connectivity index (χ0n) is 13.8. The van der Waals surface area contributed by atoms with Gasteiger partial charge in [0, 0.05) is 7.11 Å². The van der Waals surface area contributed by atoms with Crippen LogP contribution in [0.15, 0.2) is 91.0 Å². The molecule has 124 valence electrons. The molecular weight excluding hydrogens is 335 g/mol. The van der Waals surface area contributed by atoms with Crippen molar-refractivity contribution in [1.82, 2.24) is 0 Å². The third kappa shape index (κ3) is 3.70. The molecule has 0 N–H and O–H groups in total. The van der Waals surface area contributed by atoms with Crippen LogP contribution in [0, 0.1) is 0 Å². The number of methoxy groups -OCH3 is 1. The van der Waals surface area contributed by atoms with Gasteiger partial charge in [0.1, 0.15) is 23.2 Å². The third-order valence-electron chi connectivity index (χ3n) is 4.22. The standard InChI is InChI=1S/C21H22OP.ClH/c1-22-17-18-23(19-11-5-2-6-12-19,20-13-7-3-8-14-20)21-15-9-4-10-16-21;/h2-16H,17-18H2,1H3;1H/q+1;/p-1.